The van der Waals surface area contributed by atoms with Gasteiger partial charge >= 0.3 is 6.09 Å². The van der Waals surface area contributed by atoms with Crippen molar-refractivity contribution in [3.05, 3.63) is 71.9 Å². The van der Waals surface area contributed by atoms with E-state index >= 15 is 0 Å². The first-order valence-corrected chi connectivity index (χ1v) is 8.52. The molecule has 0 aliphatic heterocycles. The topological polar surface area (TPSA) is 79.9 Å². The number of carbonyl (C=O) groups is 1. The molecular formula is C21H20N4O2. The normalized spacial score (nSPS) is 10.9. The molecule has 6 nitrogen and oxygen atoms in total. The molecule has 3 aromatic rings. The Hall–Kier alpha value is -3.59. The maximum Gasteiger partial charge on any atom is 0.418 e. The lowest BCUT2D eigenvalue weighted by atomic mass is 9.92. The number of nitriles is 1. The van der Waals surface area contributed by atoms with Crippen LogP contribution in [0.25, 0.3) is 5.69 Å². The molecule has 0 saturated carbocycles. The number of nitrogens with zero attached hydrogens (tertiary/aromatic N) is 3. The van der Waals surface area contributed by atoms with E-state index in [2.05, 4.69) is 16.5 Å². The molecule has 1 aromatic heterocycles. The van der Waals surface area contributed by atoms with Crippen LogP contribution in [-0.2, 0) is 5.41 Å². The lowest BCUT2D eigenvalue weighted by molar-refractivity contribution is 0.215. The first-order valence-electron chi connectivity index (χ1n) is 8.52. The van der Waals surface area contributed by atoms with Gasteiger partial charge in [0.15, 0.2) is 0 Å². The number of benzene rings is 2. The Kier molecular flexibility index (Phi) is 4.95. The number of aromatic nitrogens is 2. The van der Waals surface area contributed by atoms with Gasteiger partial charge in [-0.3, -0.25) is 5.32 Å². The summed E-state index contributed by atoms with van der Waals surface area (Å²) in [6.07, 6.45) is -0.629. The zero-order chi connectivity index (χ0) is 19.4. The van der Waals surface area contributed by atoms with E-state index in [9.17, 15) is 10.1 Å². The number of para-hydroxylation sites is 1. The molecule has 3 rings (SSSR count). The minimum atomic E-state index is -0.796. The van der Waals surface area contributed by atoms with E-state index in [0.29, 0.717) is 17.3 Å². The molecule has 0 unspecified atom stereocenters. The third-order valence-electron chi connectivity index (χ3n) is 4.09. The van der Waals surface area contributed by atoms with Gasteiger partial charge in [0.1, 0.15) is 11.6 Å². The summed E-state index contributed by atoms with van der Waals surface area (Å²) in [6.45, 7) is 5.55. The average Bonchev–Trinajstić information content (AvgIpc) is 3.07. The van der Waals surface area contributed by atoms with Gasteiger partial charge < -0.3 is 4.74 Å². The highest BCUT2D eigenvalue weighted by Gasteiger charge is 2.26. The van der Waals surface area contributed by atoms with Crippen LogP contribution >= 0.6 is 0 Å². The van der Waals surface area contributed by atoms with E-state index in [1.807, 2.05) is 37.3 Å². The molecule has 0 radical (unpaired) electrons. The molecule has 0 atom stereocenters. The van der Waals surface area contributed by atoms with Crippen molar-refractivity contribution in [1.29, 1.82) is 5.26 Å². The largest absolute Gasteiger partial charge is 0.418 e. The van der Waals surface area contributed by atoms with Gasteiger partial charge in [-0.05, 0) is 45.0 Å². The highest BCUT2D eigenvalue weighted by Crippen LogP contribution is 2.26. The second-order valence-electron chi connectivity index (χ2n) is 6.73. The molecule has 2 aromatic carbocycles. The summed E-state index contributed by atoms with van der Waals surface area (Å²) in [7, 11) is 0. The van der Waals surface area contributed by atoms with Gasteiger partial charge in [-0.25, -0.2) is 9.48 Å². The highest BCUT2D eigenvalue weighted by molar-refractivity contribution is 5.85. The summed E-state index contributed by atoms with van der Waals surface area (Å²) >= 11 is 0. The number of rotatable bonds is 4. The standard InChI is InChI=1S/C21H20N4O2/c1-15-9-11-16(12-10-15)25-19(13-18(24-25)21(2,3)14-22)23-20(26)27-17-7-5-4-6-8-17/h4-13H,1-3H3,(H,23,26). The highest BCUT2D eigenvalue weighted by atomic mass is 16.6. The lowest BCUT2D eigenvalue weighted by Crippen LogP contribution is -2.19. The van der Waals surface area contributed by atoms with Crippen LogP contribution in [-0.4, -0.2) is 15.9 Å². The minimum absolute atomic E-state index is 0.429. The molecule has 0 fully saturated rings. The van der Waals surface area contributed by atoms with Crippen molar-refractivity contribution in [2.45, 2.75) is 26.2 Å². The fourth-order valence-corrected chi connectivity index (χ4v) is 2.44. The van der Waals surface area contributed by atoms with Gasteiger partial charge in [0.2, 0.25) is 0 Å². The predicted octanol–water partition coefficient (Wildman–Crippen LogP) is 4.59. The number of aryl methyl sites for hydroxylation is 1. The minimum Gasteiger partial charge on any atom is -0.410 e. The van der Waals surface area contributed by atoms with Gasteiger partial charge in [-0.1, -0.05) is 35.9 Å². The maximum atomic E-state index is 12.3. The first-order chi connectivity index (χ1) is 12.9. The van der Waals surface area contributed by atoms with Crippen LogP contribution in [0.5, 0.6) is 5.75 Å². The van der Waals surface area contributed by atoms with Gasteiger partial charge in [0.25, 0.3) is 0 Å². The Labute approximate surface area is 158 Å². The van der Waals surface area contributed by atoms with Crippen LogP contribution in [0.4, 0.5) is 10.6 Å². The molecular weight excluding hydrogens is 340 g/mol. The van der Waals surface area contributed by atoms with Crippen LogP contribution in [0.15, 0.2) is 60.7 Å². The number of ether oxygens (including phenoxy) is 1. The number of anilines is 1. The smallest absolute Gasteiger partial charge is 0.410 e. The van der Waals surface area contributed by atoms with Crippen molar-refractivity contribution in [1.82, 2.24) is 9.78 Å². The van der Waals surface area contributed by atoms with Crippen LogP contribution < -0.4 is 10.1 Å². The van der Waals surface area contributed by atoms with E-state index in [4.69, 9.17) is 4.74 Å². The van der Waals surface area contributed by atoms with E-state index in [-0.39, 0.29) is 0 Å². The van der Waals surface area contributed by atoms with E-state index in [1.165, 1.54) is 0 Å². The average molecular weight is 360 g/mol. The predicted molar refractivity (Wildman–Crippen MR) is 103 cm³/mol. The van der Waals surface area contributed by atoms with E-state index in [1.54, 1.807) is 48.9 Å². The zero-order valence-corrected chi connectivity index (χ0v) is 15.4. The van der Waals surface area contributed by atoms with Crippen molar-refractivity contribution >= 4 is 11.9 Å². The molecule has 136 valence electrons. The Balaban J connectivity index is 1.93. The van der Waals surface area contributed by atoms with E-state index in [0.717, 1.165) is 11.3 Å². The lowest BCUT2D eigenvalue weighted by Gasteiger charge is -2.11. The molecule has 1 heterocycles. The Morgan fingerprint density at radius 1 is 1.15 bits per heavy atom. The molecule has 0 spiro atoms. The van der Waals surface area contributed by atoms with Gasteiger partial charge in [-0.15, -0.1) is 0 Å². The summed E-state index contributed by atoms with van der Waals surface area (Å²) in [4.78, 5) is 12.3. The third-order valence-corrected chi connectivity index (χ3v) is 4.09. The second kappa shape index (κ2) is 7.34. The summed E-state index contributed by atoms with van der Waals surface area (Å²) < 4.78 is 6.89. The summed E-state index contributed by atoms with van der Waals surface area (Å²) in [5, 5.41) is 16.7. The third kappa shape index (κ3) is 4.15. The van der Waals surface area contributed by atoms with Crippen molar-refractivity contribution < 1.29 is 9.53 Å². The van der Waals surface area contributed by atoms with Gasteiger partial charge in [0.05, 0.1) is 22.9 Å². The number of carbonyl (C=O) groups excluding carboxylic acids is 1. The van der Waals surface area contributed by atoms with Gasteiger partial charge in [0, 0.05) is 6.07 Å². The first kappa shape index (κ1) is 18.2. The van der Waals surface area contributed by atoms with Crippen molar-refractivity contribution in [2.75, 3.05) is 5.32 Å². The van der Waals surface area contributed by atoms with Crippen LogP contribution in [0, 0.1) is 18.3 Å². The number of hydrogen-bond donors (Lipinski definition) is 1. The number of amides is 1. The maximum absolute atomic E-state index is 12.3. The monoisotopic (exact) mass is 360 g/mol. The molecule has 27 heavy (non-hydrogen) atoms. The van der Waals surface area contributed by atoms with Crippen molar-refractivity contribution in [3.8, 4) is 17.5 Å². The fraction of sp³-hybridized carbons (Fsp3) is 0.190. The van der Waals surface area contributed by atoms with Crippen LogP contribution in [0.3, 0.4) is 0 Å². The summed E-state index contributed by atoms with van der Waals surface area (Å²) in [5.41, 5.74) is 1.65. The molecule has 0 aliphatic rings. The quantitative estimate of drug-likeness (QED) is 0.738. The van der Waals surface area contributed by atoms with Crippen LogP contribution in [0.2, 0.25) is 0 Å². The fourth-order valence-electron chi connectivity index (χ4n) is 2.44. The van der Waals surface area contributed by atoms with Crippen molar-refractivity contribution in [3.63, 3.8) is 0 Å². The van der Waals surface area contributed by atoms with Crippen molar-refractivity contribution in [2.24, 2.45) is 0 Å². The Morgan fingerprint density at radius 2 is 1.81 bits per heavy atom. The summed E-state index contributed by atoms with van der Waals surface area (Å²) in [5.74, 6) is 0.868. The van der Waals surface area contributed by atoms with Gasteiger partial charge in [-0.2, -0.15) is 10.4 Å². The SMILES string of the molecule is Cc1ccc(-n2nc(C(C)(C)C#N)cc2NC(=O)Oc2ccccc2)cc1. The molecule has 0 bridgehead atoms. The van der Waals surface area contributed by atoms with Crippen LogP contribution in [0.1, 0.15) is 25.1 Å². The molecule has 0 saturated heterocycles. The molecule has 0 aliphatic carbocycles. The molecule has 6 heteroatoms. The Morgan fingerprint density at radius 3 is 2.44 bits per heavy atom. The Bertz CT molecular complexity index is 983. The zero-order valence-electron chi connectivity index (χ0n) is 15.4. The van der Waals surface area contributed by atoms with E-state index < -0.39 is 11.5 Å². The number of hydrogen-bond acceptors (Lipinski definition) is 4. The summed E-state index contributed by atoms with van der Waals surface area (Å²) in [6, 6.07) is 20.4. The number of nitrogens with one attached hydrogen (secondary N) is 1. The molecule has 1 N–H and O–H groups in total. The molecule has 1 amide bonds. The second-order valence-corrected chi connectivity index (χ2v) is 6.73.